The first-order valence-electron chi connectivity index (χ1n) is 34.9. The molecule has 1 aliphatic heterocycles. The van der Waals surface area contributed by atoms with Gasteiger partial charge in [-0.25, -0.2) is 19.6 Å². The van der Waals surface area contributed by atoms with Crippen LogP contribution in [0.15, 0.2) is 115 Å². The summed E-state index contributed by atoms with van der Waals surface area (Å²) in [5.74, 6) is -3.89. The van der Waals surface area contributed by atoms with E-state index in [1.165, 1.54) is 28.4 Å². The number of carboxylic acid groups (broad SMARTS) is 1. The molecule has 12 rings (SSSR count). The number of nitrogens with one attached hydrogen (secondary N) is 5. The summed E-state index contributed by atoms with van der Waals surface area (Å²) in [6.07, 6.45) is 8.22. The molecule has 4 aliphatic carbocycles. The number of para-hydroxylation sites is 1. The van der Waals surface area contributed by atoms with E-state index in [9.17, 15) is 63.2 Å². The molecular formula is C74H91N12O15PS. The number of carbonyl (C=O) groups excluding carboxylic acids is 7. The Bertz CT molecular complexity index is 4340. The third-order valence-corrected chi connectivity index (χ3v) is 22.6. The molecule has 29 heteroatoms. The first-order valence-corrected chi connectivity index (χ1v) is 37.8. The Morgan fingerprint density at radius 3 is 2.30 bits per heavy atom. The zero-order valence-electron chi connectivity index (χ0n) is 58.4. The topological polar surface area (TPSA) is 392 Å². The summed E-state index contributed by atoms with van der Waals surface area (Å²) in [5.41, 5.74) is 9.43. The normalized spacial score (nSPS) is 20.7. The molecule has 3 aromatic heterocycles. The Labute approximate surface area is 600 Å². The van der Waals surface area contributed by atoms with E-state index >= 15 is 0 Å². The molecule has 0 saturated heterocycles. The molecule has 5 unspecified atom stereocenters. The SMILES string of the molecule is Cc1c(-c2ccc(-c3ccc4cccc(C(O)Nc5nc6ccccc6s5)c4c3)nc2C(=O)O)cnn1CC12CC3(C)CC(OCCN(CCC[PH](O)(O)O)C(=O)OCc4ccc(NC(=O)[C@H](CCCNC(N)=O)NC(=O)[C@@H](NC(=O)CCCCCN5C(=O)C=CC5=O)C(C)C)cc4)(CC1(C)C3)C2. The first kappa shape index (κ1) is 74.9. The molecule has 27 nitrogen and oxygen atoms in total. The van der Waals surface area contributed by atoms with Crippen LogP contribution >= 0.6 is 19.3 Å². The number of pyridine rings is 1. The van der Waals surface area contributed by atoms with Crippen LogP contribution < -0.4 is 32.3 Å². The molecule has 4 heterocycles. The number of aliphatic hydroxyl groups is 1. The van der Waals surface area contributed by atoms with Crippen molar-refractivity contribution in [2.75, 3.05) is 49.6 Å². The molecule has 7 atom stereocenters. The van der Waals surface area contributed by atoms with Crippen molar-refractivity contribution in [2.24, 2.45) is 27.9 Å². The average molecular weight is 1450 g/mol. The second-order valence-electron chi connectivity index (χ2n) is 28.9. The number of benzene rings is 4. The maximum atomic E-state index is 14.0. The Morgan fingerprint density at radius 2 is 1.57 bits per heavy atom. The van der Waals surface area contributed by atoms with Crippen molar-refractivity contribution in [1.82, 2.24) is 45.5 Å². The third-order valence-electron chi connectivity index (χ3n) is 20.6. The van der Waals surface area contributed by atoms with E-state index in [1.54, 1.807) is 50.4 Å². The Morgan fingerprint density at radius 1 is 0.806 bits per heavy atom. The van der Waals surface area contributed by atoms with Crippen LogP contribution in [0.25, 0.3) is 43.4 Å². The van der Waals surface area contributed by atoms with Crippen LogP contribution in [-0.2, 0) is 46.6 Å². The van der Waals surface area contributed by atoms with E-state index in [0.717, 1.165) is 63.7 Å². The number of imide groups is 1. The molecule has 4 fully saturated rings. The first-order chi connectivity index (χ1) is 49.0. The molecular weight excluding hydrogens is 1360 g/mol. The number of hydrogen-bond donors (Lipinski definition) is 11. The number of ether oxygens (including phenoxy) is 2. The zero-order valence-corrected chi connectivity index (χ0v) is 60.2. The molecule has 4 saturated carbocycles. The van der Waals surface area contributed by atoms with Gasteiger partial charge < -0.3 is 37.2 Å². The summed E-state index contributed by atoms with van der Waals surface area (Å²) in [6, 6.07) is 26.3. The molecule has 0 radical (unpaired) electrons. The predicted molar refractivity (Wildman–Crippen MR) is 390 cm³/mol. The van der Waals surface area contributed by atoms with Gasteiger partial charge in [0.15, 0.2) is 17.1 Å². The number of fused-ring (bicyclic) bond motifs is 2. The minimum absolute atomic E-state index is 0.0205. The number of aromatic nitrogens is 4. The number of aromatic carboxylic acids is 1. The van der Waals surface area contributed by atoms with Gasteiger partial charge in [0.05, 0.1) is 22.1 Å². The van der Waals surface area contributed by atoms with Crippen LogP contribution in [-0.4, -0.2) is 159 Å². The second kappa shape index (κ2) is 31.4. The van der Waals surface area contributed by atoms with Gasteiger partial charge in [-0.05, 0) is 79.6 Å². The van der Waals surface area contributed by atoms with Crippen molar-refractivity contribution in [1.29, 1.82) is 0 Å². The van der Waals surface area contributed by atoms with Gasteiger partial charge in [0, 0.05) is 59.6 Å². The minimum atomic E-state index is -4.46. The maximum absolute atomic E-state index is 14.0. The third kappa shape index (κ3) is 17.7. The van der Waals surface area contributed by atoms with Gasteiger partial charge in [-0.15, -0.1) is 0 Å². The van der Waals surface area contributed by atoms with Gasteiger partial charge in [-0.1, -0.05) is 74.1 Å². The second-order valence-corrected chi connectivity index (χ2v) is 32.0. The van der Waals surface area contributed by atoms with Crippen molar-refractivity contribution in [3.8, 4) is 22.4 Å². The summed E-state index contributed by atoms with van der Waals surface area (Å²) in [5, 5.41) is 43.4. The van der Waals surface area contributed by atoms with E-state index in [0.29, 0.717) is 70.1 Å². The van der Waals surface area contributed by atoms with Crippen LogP contribution in [0.4, 0.5) is 20.4 Å². The van der Waals surface area contributed by atoms with Crippen LogP contribution in [0.1, 0.15) is 138 Å². The van der Waals surface area contributed by atoms with Gasteiger partial charge >= 0.3 is 219 Å². The molecule has 4 bridgehead atoms. The molecule has 103 heavy (non-hydrogen) atoms. The number of hydrogen-bond acceptors (Lipinski definition) is 19. The van der Waals surface area contributed by atoms with Gasteiger partial charge in [-0.2, -0.15) is 5.10 Å². The van der Waals surface area contributed by atoms with Gasteiger partial charge in [0.25, 0.3) is 11.8 Å². The zero-order chi connectivity index (χ0) is 73.6. The number of carbonyl (C=O) groups is 8. The average Bonchev–Trinajstić information content (AvgIpc) is 1.50. The van der Waals surface area contributed by atoms with Crippen molar-refractivity contribution in [3.05, 3.63) is 138 Å². The number of unbranched alkanes of at least 4 members (excludes halogenated alkanes) is 2. The van der Waals surface area contributed by atoms with E-state index < -0.39 is 61.8 Å². The van der Waals surface area contributed by atoms with Gasteiger partial charge in [0.1, 0.15) is 12.1 Å². The number of carboxylic acids is 1. The Kier molecular flexibility index (Phi) is 22.8. The van der Waals surface area contributed by atoms with E-state index in [2.05, 4.69) is 45.4 Å². The number of nitrogens with zero attached hydrogens (tertiary/aromatic N) is 6. The number of rotatable bonds is 34. The van der Waals surface area contributed by atoms with E-state index in [1.807, 2.05) is 78.3 Å². The molecule has 0 spiro atoms. The summed E-state index contributed by atoms with van der Waals surface area (Å²) in [7, 11) is -4.46. The summed E-state index contributed by atoms with van der Waals surface area (Å²) in [4.78, 5) is 145. The van der Waals surface area contributed by atoms with Crippen LogP contribution in [0.2, 0.25) is 0 Å². The Balaban J connectivity index is 0.703. The van der Waals surface area contributed by atoms with Crippen LogP contribution in [0, 0.1) is 29.1 Å². The van der Waals surface area contributed by atoms with Crippen LogP contribution in [0.3, 0.4) is 0 Å². The number of urea groups is 1. The van der Waals surface area contributed by atoms with Crippen molar-refractivity contribution >= 4 is 98.7 Å². The molecule has 5 aliphatic rings. The molecule has 12 N–H and O–H groups in total. The van der Waals surface area contributed by atoms with E-state index in [-0.39, 0.29) is 117 Å². The fourth-order valence-electron chi connectivity index (χ4n) is 16.1. The number of aliphatic hydroxyl groups excluding tert-OH is 1. The molecule has 548 valence electrons. The van der Waals surface area contributed by atoms with Crippen molar-refractivity contribution in [2.45, 2.75) is 149 Å². The Hall–Kier alpha value is -9.28. The summed E-state index contributed by atoms with van der Waals surface area (Å²) >= 11 is 1.44. The molecule has 7 aromatic rings. The van der Waals surface area contributed by atoms with Crippen LogP contribution in [0.5, 0.6) is 0 Å². The van der Waals surface area contributed by atoms with Gasteiger partial charge in [0.2, 0.25) is 17.7 Å². The summed E-state index contributed by atoms with van der Waals surface area (Å²) < 4.78 is 15.8. The number of primary amides is 1. The quantitative estimate of drug-likeness (QED) is 0.00774. The summed E-state index contributed by atoms with van der Waals surface area (Å²) in [6.45, 7) is 11.0. The van der Waals surface area contributed by atoms with Crippen molar-refractivity contribution < 1.29 is 72.7 Å². The fourth-order valence-corrected chi connectivity index (χ4v) is 17.7. The van der Waals surface area contributed by atoms with Crippen molar-refractivity contribution in [3.63, 3.8) is 0 Å². The number of anilines is 2. The van der Waals surface area contributed by atoms with Gasteiger partial charge in [-0.3, -0.25) is 28.9 Å². The van der Waals surface area contributed by atoms with E-state index in [4.69, 9.17) is 25.3 Å². The fraction of sp³-hybridized carbons (Fsp3) is 0.446. The number of amides is 8. The monoisotopic (exact) mass is 1450 g/mol. The number of thiazole rings is 1. The molecule has 8 amide bonds. The molecule has 4 aromatic carbocycles. The predicted octanol–water partition coefficient (Wildman–Crippen LogP) is 9.23. The standard InChI is InChI=1S/C74H91N12O15PS/c1-45(2)62(82-59(87)19-7-6-10-32-85-60(88)28-29-61(85)89)66(92)80-57(17-12-30-76-68(75)95)65(91)78-50-24-20-47(21-25-50)38-100-70(96)84(31-13-35-102(97,98)99)33-34-101-74-41-71(4)39-72(5,42-74)73(40-71,43-74)44-86-46(3)54(37-77-86)51-26-27-55(79-63(51)67(93)94)49-23-22-48-14-11-15-52(53(48)36-49)64(90)83-69-81-56-16-8-9-18-58(56)103-69/h8-9,11,14-16,18,20-29,36-37,45,57,62,64,90,97-99,102H,6-7,10,12-13,17,19,30-35,38-44H2,1-5H3,(H,78,91)(H,80,92)(H,81,83)(H,82,87)(H,93,94)(H3,75,76,95)/t57-,62-,64?,71?,72?,73?,74?/m0/s1. The number of nitrogens with two attached hydrogens (primary N) is 1.